The standard InChI is InChI=1S/C68H109NO8/c1-6-8-10-12-14-16-18-20-22-23-24-25-26-27-28-29-30-31-32-33-34-35-36-37-38-39-40-41-42-43-45-47-49-51-53-55-57-59-66(71)77-64(63-76-68(67(72)73)74-61-60-69(3,4)5)62-75-65(70)58-56-54-52-50-48-46-44-21-19-17-15-13-11-9-7-2/h8-11,14-17,20-22,24-25,27-28,30-31,33-34,36-37,44,48,50,64,68H,6-7,12-13,18-19,23,26,29,32,35,38-43,45-47,49,51-63H2,1-5H3/b10-8-,11-9-,16-14-,17-15-,22-20-,25-24-,28-27-,31-30-,34-33-,37-36-,44-21-,50-48-. The minimum atomic E-state index is -1.64. The number of carboxylic acid groups (broad SMARTS) is 1. The Balaban J connectivity index is 4.19. The Labute approximate surface area is 471 Å². The molecular weight excluding hydrogens is 959 g/mol. The molecule has 0 heterocycles. The topological polar surface area (TPSA) is 111 Å². The van der Waals surface area contributed by atoms with Gasteiger partial charge in [-0.3, -0.25) is 9.59 Å². The van der Waals surface area contributed by atoms with Crippen molar-refractivity contribution in [2.24, 2.45) is 0 Å². The number of nitrogens with zero attached hydrogens (tertiary/aromatic N) is 1. The van der Waals surface area contributed by atoms with Gasteiger partial charge in [0.05, 0.1) is 40.3 Å². The van der Waals surface area contributed by atoms with Crippen molar-refractivity contribution in [1.29, 1.82) is 0 Å². The van der Waals surface area contributed by atoms with Gasteiger partial charge >= 0.3 is 11.9 Å². The van der Waals surface area contributed by atoms with Crippen molar-refractivity contribution in [2.45, 2.75) is 219 Å². The molecule has 0 aliphatic rings. The maximum atomic E-state index is 12.9. The van der Waals surface area contributed by atoms with Crippen molar-refractivity contribution in [3.8, 4) is 0 Å². The van der Waals surface area contributed by atoms with E-state index in [0.29, 0.717) is 23.9 Å². The third kappa shape index (κ3) is 58.7. The maximum absolute atomic E-state index is 12.9. The van der Waals surface area contributed by atoms with Crippen molar-refractivity contribution in [2.75, 3.05) is 47.5 Å². The Morgan fingerprint density at radius 3 is 1.06 bits per heavy atom. The first kappa shape index (κ1) is 72.2. The lowest BCUT2D eigenvalue weighted by Gasteiger charge is -2.26. The van der Waals surface area contributed by atoms with E-state index < -0.39 is 30.3 Å². The zero-order valence-corrected chi connectivity index (χ0v) is 49.3. The van der Waals surface area contributed by atoms with Gasteiger partial charge in [-0.25, -0.2) is 0 Å². The van der Waals surface area contributed by atoms with E-state index >= 15 is 0 Å². The predicted octanol–water partition coefficient (Wildman–Crippen LogP) is 16.7. The smallest absolute Gasteiger partial charge is 0.306 e. The highest BCUT2D eigenvalue weighted by atomic mass is 16.7. The number of aliphatic carboxylic acids is 1. The Morgan fingerprint density at radius 2 is 0.701 bits per heavy atom. The van der Waals surface area contributed by atoms with Crippen LogP contribution in [0, 0.1) is 0 Å². The van der Waals surface area contributed by atoms with Gasteiger partial charge < -0.3 is 33.3 Å². The Kier molecular flexibility index (Phi) is 53.8. The second-order valence-electron chi connectivity index (χ2n) is 20.5. The summed E-state index contributed by atoms with van der Waals surface area (Å²) in [5.41, 5.74) is 0. The van der Waals surface area contributed by atoms with Crippen LogP contribution in [0.15, 0.2) is 146 Å². The summed E-state index contributed by atoms with van der Waals surface area (Å²) in [6, 6.07) is 0. The summed E-state index contributed by atoms with van der Waals surface area (Å²) < 4.78 is 22.6. The molecule has 2 unspecified atom stereocenters. The van der Waals surface area contributed by atoms with Crippen molar-refractivity contribution in [3.05, 3.63) is 146 Å². The molecule has 77 heavy (non-hydrogen) atoms. The van der Waals surface area contributed by atoms with Crippen LogP contribution in [0.25, 0.3) is 0 Å². The summed E-state index contributed by atoms with van der Waals surface area (Å²) in [7, 11) is 5.90. The summed E-state index contributed by atoms with van der Waals surface area (Å²) in [4.78, 5) is 37.2. The van der Waals surface area contributed by atoms with Crippen LogP contribution in [-0.4, -0.2) is 82.3 Å². The zero-order chi connectivity index (χ0) is 56.2. The van der Waals surface area contributed by atoms with Gasteiger partial charge in [0.25, 0.3) is 0 Å². The molecule has 0 spiro atoms. The SMILES string of the molecule is CC/C=C\C/C=C\C/C=C\C/C=C\C/C=C\C/C=C\C/C=C\C/C=C\CCCCCCCCCCCCCCC(=O)OC(COC(=O)CCCC/C=C\C/C=C\C/C=C\C/C=C\CC)COC(OCC[N+](C)(C)C)C(=O)[O-]. The van der Waals surface area contributed by atoms with Crippen LogP contribution in [0.3, 0.4) is 0 Å². The predicted molar refractivity (Wildman–Crippen MR) is 324 cm³/mol. The highest BCUT2D eigenvalue weighted by molar-refractivity contribution is 5.70. The van der Waals surface area contributed by atoms with Crippen LogP contribution in [0.2, 0.25) is 0 Å². The number of hydrogen-bond donors (Lipinski definition) is 0. The van der Waals surface area contributed by atoms with Gasteiger partial charge in [0.15, 0.2) is 12.4 Å². The van der Waals surface area contributed by atoms with Gasteiger partial charge in [0, 0.05) is 12.8 Å². The zero-order valence-electron chi connectivity index (χ0n) is 49.3. The number of hydrogen-bond acceptors (Lipinski definition) is 8. The molecule has 0 rings (SSSR count). The van der Waals surface area contributed by atoms with Gasteiger partial charge in [0.2, 0.25) is 0 Å². The van der Waals surface area contributed by atoms with E-state index in [2.05, 4.69) is 160 Å². The average Bonchev–Trinajstić information content (AvgIpc) is 3.40. The number of allylic oxidation sites excluding steroid dienone is 24. The van der Waals surface area contributed by atoms with E-state index in [1.165, 1.54) is 51.4 Å². The maximum Gasteiger partial charge on any atom is 0.306 e. The second kappa shape index (κ2) is 57.3. The first-order valence-corrected chi connectivity index (χ1v) is 30.0. The Hall–Kier alpha value is -4.83. The number of carbonyl (C=O) groups excluding carboxylic acids is 3. The molecule has 0 saturated heterocycles. The number of unbranched alkanes of at least 4 members (excludes halogenated alkanes) is 14. The fraction of sp³-hybridized carbons (Fsp3) is 0.603. The van der Waals surface area contributed by atoms with Gasteiger partial charge in [-0.2, -0.15) is 0 Å². The molecular formula is C68H109NO8. The average molecular weight is 1070 g/mol. The monoisotopic (exact) mass is 1070 g/mol. The van der Waals surface area contributed by atoms with Crippen molar-refractivity contribution < 1.29 is 42.9 Å². The highest BCUT2D eigenvalue weighted by Crippen LogP contribution is 2.15. The molecule has 0 aliphatic heterocycles. The van der Waals surface area contributed by atoms with Crippen LogP contribution in [0.5, 0.6) is 0 Å². The number of quaternary nitrogens is 1. The molecule has 0 aromatic carbocycles. The van der Waals surface area contributed by atoms with Crippen LogP contribution in [0.1, 0.15) is 206 Å². The van der Waals surface area contributed by atoms with Gasteiger partial charge in [-0.15, -0.1) is 0 Å². The summed E-state index contributed by atoms with van der Waals surface area (Å²) in [5.74, 6) is -2.36. The van der Waals surface area contributed by atoms with Crippen molar-refractivity contribution >= 4 is 17.9 Å². The number of rotatable bonds is 53. The summed E-state index contributed by atoms with van der Waals surface area (Å²) in [6.45, 7) is 4.44. The number of esters is 2. The lowest BCUT2D eigenvalue weighted by Crippen LogP contribution is -2.44. The van der Waals surface area contributed by atoms with E-state index in [9.17, 15) is 19.5 Å². The lowest BCUT2D eigenvalue weighted by molar-refractivity contribution is -0.870. The summed E-state index contributed by atoms with van der Waals surface area (Å²) in [6.07, 6.45) is 80.6. The quantitative estimate of drug-likeness (QED) is 0.0195. The summed E-state index contributed by atoms with van der Waals surface area (Å²) in [5, 5.41) is 11.8. The van der Waals surface area contributed by atoms with E-state index in [-0.39, 0.29) is 32.7 Å². The van der Waals surface area contributed by atoms with Gasteiger partial charge in [-0.1, -0.05) is 224 Å². The largest absolute Gasteiger partial charge is 0.545 e. The van der Waals surface area contributed by atoms with Crippen molar-refractivity contribution in [3.63, 3.8) is 0 Å². The minimum Gasteiger partial charge on any atom is -0.545 e. The van der Waals surface area contributed by atoms with E-state index in [1.807, 2.05) is 21.1 Å². The lowest BCUT2D eigenvalue weighted by atomic mass is 10.0. The Bertz CT molecular complexity index is 1770. The fourth-order valence-corrected chi connectivity index (χ4v) is 7.54. The normalized spacial score (nSPS) is 13.8. The van der Waals surface area contributed by atoms with Crippen molar-refractivity contribution in [1.82, 2.24) is 0 Å². The fourth-order valence-electron chi connectivity index (χ4n) is 7.54. The first-order chi connectivity index (χ1) is 37.6. The van der Waals surface area contributed by atoms with Crippen LogP contribution in [0.4, 0.5) is 0 Å². The molecule has 2 atom stereocenters. The highest BCUT2D eigenvalue weighted by Gasteiger charge is 2.22. The van der Waals surface area contributed by atoms with Crippen LogP contribution < -0.4 is 5.11 Å². The number of carboxylic acids is 1. The Morgan fingerprint density at radius 1 is 0.390 bits per heavy atom. The third-order valence-electron chi connectivity index (χ3n) is 12.1. The first-order valence-electron chi connectivity index (χ1n) is 30.0. The molecule has 0 radical (unpaired) electrons. The molecule has 9 heteroatoms. The van der Waals surface area contributed by atoms with Crippen LogP contribution >= 0.6 is 0 Å². The molecule has 9 nitrogen and oxygen atoms in total. The molecule has 0 bridgehead atoms. The third-order valence-corrected chi connectivity index (χ3v) is 12.1. The molecule has 0 amide bonds. The van der Waals surface area contributed by atoms with Gasteiger partial charge in [0.1, 0.15) is 13.2 Å². The number of ether oxygens (including phenoxy) is 4. The molecule has 0 aromatic rings. The molecule has 0 N–H and O–H groups in total. The van der Waals surface area contributed by atoms with E-state index in [0.717, 1.165) is 116 Å². The minimum absolute atomic E-state index is 0.133. The molecule has 434 valence electrons. The number of carbonyl (C=O) groups is 3. The second-order valence-corrected chi connectivity index (χ2v) is 20.5. The molecule has 0 aliphatic carbocycles. The van der Waals surface area contributed by atoms with Crippen LogP contribution in [-0.2, 0) is 33.3 Å². The molecule has 0 fully saturated rings. The molecule has 0 aromatic heterocycles. The number of likely N-dealkylation sites (N-methyl/N-ethyl adjacent to an activating group) is 1. The molecule has 0 saturated carbocycles. The van der Waals surface area contributed by atoms with Gasteiger partial charge in [-0.05, 0) is 116 Å². The summed E-state index contributed by atoms with van der Waals surface area (Å²) >= 11 is 0. The van der Waals surface area contributed by atoms with E-state index in [1.54, 1.807) is 0 Å². The van der Waals surface area contributed by atoms with E-state index in [4.69, 9.17) is 18.9 Å².